The van der Waals surface area contributed by atoms with Crippen LogP contribution in [0.15, 0.2) is 30.7 Å². The number of nitrogens with one attached hydrogen (secondary N) is 2. The Morgan fingerprint density at radius 2 is 2.00 bits per heavy atom. The molecule has 3 aromatic heterocycles. The highest BCUT2D eigenvalue weighted by molar-refractivity contribution is 6.12. The number of benzene rings is 1. The molecule has 2 saturated carbocycles. The van der Waals surface area contributed by atoms with Crippen LogP contribution in [0, 0.1) is 11.4 Å². The summed E-state index contributed by atoms with van der Waals surface area (Å²) in [5.41, 5.74) is 3.44. The highest BCUT2D eigenvalue weighted by Crippen LogP contribution is 2.58. The van der Waals surface area contributed by atoms with E-state index in [0.717, 1.165) is 59.6 Å². The Bertz CT molecular complexity index is 1400. The lowest BCUT2D eigenvalue weighted by molar-refractivity contribution is 0.00351. The number of aromatic amines is 1. The molecule has 3 aliphatic rings. The fourth-order valence-electron chi connectivity index (χ4n) is 6.37. The van der Waals surface area contributed by atoms with Gasteiger partial charge in [-0.05, 0) is 55.2 Å². The van der Waals surface area contributed by atoms with Crippen LogP contribution >= 0.6 is 0 Å². The third-order valence-corrected chi connectivity index (χ3v) is 8.58. The molecule has 4 heterocycles. The van der Waals surface area contributed by atoms with Gasteiger partial charge in [-0.2, -0.15) is 9.49 Å². The van der Waals surface area contributed by atoms with E-state index in [1.54, 1.807) is 19.6 Å². The largest absolute Gasteiger partial charge is 0.379 e. The van der Waals surface area contributed by atoms with Crippen molar-refractivity contribution in [2.45, 2.75) is 44.2 Å². The zero-order valence-electron chi connectivity index (χ0n) is 19.9. The number of anilines is 1. The van der Waals surface area contributed by atoms with Crippen molar-refractivity contribution in [3.05, 3.63) is 36.7 Å². The highest BCUT2D eigenvalue weighted by atomic mass is 19.1. The van der Waals surface area contributed by atoms with Gasteiger partial charge in [0.25, 0.3) is 0 Å². The molecule has 4 aromatic rings. The normalized spacial score (nSPS) is 27.1. The van der Waals surface area contributed by atoms with Crippen molar-refractivity contribution in [3.63, 3.8) is 0 Å². The fraction of sp³-hybridized carbons (Fsp3) is 0.500. The third kappa shape index (κ3) is 3.51. The summed E-state index contributed by atoms with van der Waals surface area (Å²) in [5.74, 6) is 0.522. The second-order valence-corrected chi connectivity index (χ2v) is 10.4. The van der Waals surface area contributed by atoms with Crippen LogP contribution < -0.4 is 5.32 Å². The van der Waals surface area contributed by atoms with Gasteiger partial charge in [-0.25, -0.2) is 14.6 Å². The first-order valence-electron chi connectivity index (χ1n) is 12.6. The molecule has 1 aliphatic heterocycles. The van der Waals surface area contributed by atoms with Crippen LogP contribution in [0.1, 0.15) is 32.1 Å². The highest BCUT2D eigenvalue weighted by Gasteiger charge is 2.55. The van der Waals surface area contributed by atoms with Crippen molar-refractivity contribution in [3.8, 4) is 11.1 Å². The Morgan fingerprint density at radius 1 is 1.17 bits per heavy atom. The molecule has 1 atom stereocenters. The van der Waals surface area contributed by atoms with Crippen molar-refractivity contribution >= 4 is 27.8 Å². The van der Waals surface area contributed by atoms with E-state index in [1.807, 2.05) is 18.2 Å². The molecule has 0 radical (unpaired) electrons. The first-order chi connectivity index (χ1) is 17.1. The van der Waals surface area contributed by atoms with Gasteiger partial charge in [0, 0.05) is 43.1 Å². The Hall–Kier alpha value is -3.04. The minimum absolute atomic E-state index is 0.341. The number of aryl methyl sites for hydroxylation is 1. The van der Waals surface area contributed by atoms with E-state index in [1.165, 1.54) is 36.8 Å². The van der Waals surface area contributed by atoms with Crippen molar-refractivity contribution in [2.75, 3.05) is 31.6 Å². The minimum atomic E-state index is -0.341. The Kier molecular flexibility index (Phi) is 4.86. The van der Waals surface area contributed by atoms with E-state index in [0.29, 0.717) is 23.1 Å². The molecule has 9 heteroatoms. The van der Waals surface area contributed by atoms with Gasteiger partial charge in [0.1, 0.15) is 17.8 Å². The molecule has 8 nitrogen and oxygen atoms in total. The summed E-state index contributed by atoms with van der Waals surface area (Å²) >= 11 is 0. The second kappa shape index (κ2) is 7.99. The van der Waals surface area contributed by atoms with Crippen LogP contribution in [-0.4, -0.2) is 68.0 Å². The summed E-state index contributed by atoms with van der Waals surface area (Å²) in [5, 5.41) is 9.80. The summed E-state index contributed by atoms with van der Waals surface area (Å²) < 4.78 is 21.3. The minimum Gasteiger partial charge on any atom is -0.379 e. The lowest BCUT2D eigenvalue weighted by atomic mass is 9.82. The van der Waals surface area contributed by atoms with E-state index >= 15 is 0 Å². The van der Waals surface area contributed by atoms with Gasteiger partial charge < -0.3 is 15.0 Å². The van der Waals surface area contributed by atoms with Gasteiger partial charge in [-0.15, -0.1) is 0 Å². The van der Waals surface area contributed by atoms with E-state index in [4.69, 9.17) is 4.74 Å². The molecule has 0 unspecified atom stereocenters. The number of rotatable bonds is 4. The summed E-state index contributed by atoms with van der Waals surface area (Å²) in [6.45, 7) is 3.89. The molecule has 2 N–H and O–H groups in total. The maximum absolute atomic E-state index is 14.5. The van der Waals surface area contributed by atoms with Crippen LogP contribution in [0.3, 0.4) is 0 Å². The molecular formula is C26H30FN7O. The number of hydrogen-bond donors (Lipinski definition) is 2. The number of halogens is 1. The van der Waals surface area contributed by atoms with E-state index in [2.05, 4.69) is 30.3 Å². The Morgan fingerprint density at radius 3 is 2.77 bits per heavy atom. The SMILES string of the molecule is Cn1ncc(-c2ccc3[nH]c4ncnc(N[C@@H]5CC56CCC(N5CCOCC5)CC6)c4c3c2)c1F. The van der Waals surface area contributed by atoms with Crippen LogP contribution in [0.25, 0.3) is 33.1 Å². The van der Waals surface area contributed by atoms with Crippen LogP contribution in [0.5, 0.6) is 0 Å². The van der Waals surface area contributed by atoms with Crippen molar-refractivity contribution < 1.29 is 9.13 Å². The molecule has 0 amide bonds. The summed E-state index contributed by atoms with van der Waals surface area (Å²) in [6, 6.07) is 7.06. The second-order valence-electron chi connectivity index (χ2n) is 10.4. The average molecular weight is 476 g/mol. The van der Waals surface area contributed by atoms with Crippen LogP contribution in [-0.2, 0) is 11.8 Å². The summed E-state index contributed by atoms with van der Waals surface area (Å²) in [6.07, 6.45) is 9.45. The molecule has 1 aromatic carbocycles. The number of hydrogen-bond acceptors (Lipinski definition) is 6. The van der Waals surface area contributed by atoms with Crippen LogP contribution in [0.4, 0.5) is 10.2 Å². The Balaban J connectivity index is 1.15. The zero-order chi connectivity index (χ0) is 23.6. The maximum atomic E-state index is 14.5. The molecule has 1 spiro atoms. The molecule has 35 heavy (non-hydrogen) atoms. The smallest absolute Gasteiger partial charge is 0.219 e. The first-order valence-corrected chi connectivity index (χ1v) is 12.6. The lowest BCUT2D eigenvalue weighted by Gasteiger charge is -2.39. The monoisotopic (exact) mass is 475 g/mol. The predicted molar refractivity (Wildman–Crippen MR) is 133 cm³/mol. The number of nitrogens with zero attached hydrogens (tertiary/aromatic N) is 5. The molecule has 1 saturated heterocycles. The molecule has 0 bridgehead atoms. The molecule has 182 valence electrons. The summed E-state index contributed by atoms with van der Waals surface area (Å²) in [4.78, 5) is 15.2. The van der Waals surface area contributed by atoms with E-state index < -0.39 is 0 Å². The quantitative estimate of drug-likeness (QED) is 0.463. The van der Waals surface area contributed by atoms with Crippen LogP contribution in [0.2, 0.25) is 0 Å². The topological polar surface area (TPSA) is 83.9 Å². The van der Waals surface area contributed by atoms with Gasteiger partial charge in [0.15, 0.2) is 0 Å². The van der Waals surface area contributed by atoms with E-state index in [-0.39, 0.29) is 5.95 Å². The zero-order valence-corrected chi connectivity index (χ0v) is 19.9. The third-order valence-electron chi connectivity index (χ3n) is 8.58. The number of aromatic nitrogens is 5. The molecule has 3 fully saturated rings. The van der Waals surface area contributed by atoms with Gasteiger partial charge in [0.05, 0.1) is 30.4 Å². The maximum Gasteiger partial charge on any atom is 0.219 e. The molecule has 2 aliphatic carbocycles. The van der Waals surface area contributed by atoms with Gasteiger partial charge in [0.2, 0.25) is 5.95 Å². The predicted octanol–water partition coefficient (Wildman–Crippen LogP) is 4.10. The number of morpholine rings is 1. The average Bonchev–Trinajstić information content (AvgIpc) is 3.22. The van der Waals surface area contributed by atoms with Crippen molar-refractivity contribution in [1.82, 2.24) is 29.6 Å². The number of H-pyrrole nitrogens is 1. The Labute approximate surface area is 202 Å². The first kappa shape index (κ1) is 21.3. The fourth-order valence-corrected chi connectivity index (χ4v) is 6.37. The van der Waals surface area contributed by atoms with Gasteiger partial charge >= 0.3 is 0 Å². The molecular weight excluding hydrogens is 445 g/mol. The van der Waals surface area contributed by atoms with Gasteiger partial charge in [-0.1, -0.05) is 6.07 Å². The summed E-state index contributed by atoms with van der Waals surface area (Å²) in [7, 11) is 1.61. The standard InChI is InChI=1S/C26H30FN7O/c1-33-23(27)19(14-30-33)16-2-3-20-18(12-16)22-24(31-20)28-15-29-25(22)32-21-13-26(21)6-4-17(5-7-26)34-8-10-35-11-9-34/h2-3,12,14-15,17,21H,4-11,13H2,1H3,(H2,28,29,31,32)/t17?,21-,26?/m1/s1. The van der Waals surface area contributed by atoms with Gasteiger partial charge in [-0.3, -0.25) is 4.90 Å². The number of ether oxygens (including phenoxy) is 1. The van der Waals surface area contributed by atoms with Crippen molar-refractivity contribution in [2.24, 2.45) is 12.5 Å². The number of fused-ring (bicyclic) bond motifs is 3. The van der Waals surface area contributed by atoms with Crippen molar-refractivity contribution in [1.29, 1.82) is 0 Å². The molecule has 7 rings (SSSR count). The van der Waals surface area contributed by atoms with E-state index in [9.17, 15) is 4.39 Å². The lowest BCUT2D eigenvalue weighted by Crippen LogP contribution is -2.45.